The molecule has 1 N–H and O–H groups in total. The Labute approximate surface area is 105 Å². The highest BCUT2D eigenvalue weighted by Gasteiger charge is 2.18. The van der Waals surface area contributed by atoms with Gasteiger partial charge in [-0.15, -0.1) is 11.3 Å². The molecule has 1 aliphatic heterocycles. The Hall–Kier alpha value is -1.13. The van der Waals surface area contributed by atoms with E-state index in [0.717, 1.165) is 23.1 Å². The van der Waals surface area contributed by atoms with Crippen LogP contribution in [0.2, 0.25) is 0 Å². The highest BCUT2D eigenvalue weighted by Crippen LogP contribution is 2.30. The molecule has 3 nitrogen and oxygen atoms in total. The van der Waals surface area contributed by atoms with E-state index in [2.05, 4.69) is 15.7 Å². The topological polar surface area (TPSA) is 38.1 Å². The lowest BCUT2D eigenvalue weighted by Crippen LogP contribution is -2.26. The molecule has 0 aromatic carbocycles. The zero-order valence-electron chi connectivity index (χ0n) is 9.90. The largest absolute Gasteiger partial charge is 0.459 e. The Morgan fingerprint density at radius 3 is 3.06 bits per heavy atom. The number of nitrogens with one attached hydrogen (secondary N) is 1. The van der Waals surface area contributed by atoms with E-state index in [-0.39, 0.29) is 0 Å². The van der Waals surface area contributed by atoms with Crippen LogP contribution < -0.4 is 5.32 Å². The fraction of sp³-hybridized carbons (Fsp3) is 0.462. The van der Waals surface area contributed by atoms with E-state index in [9.17, 15) is 0 Å². The van der Waals surface area contributed by atoms with Crippen LogP contribution in [0.3, 0.4) is 0 Å². The third kappa shape index (κ3) is 2.28. The summed E-state index contributed by atoms with van der Waals surface area (Å²) in [7, 11) is 0. The fourth-order valence-electron chi connectivity index (χ4n) is 2.21. The van der Waals surface area contributed by atoms with E-state index in [4.69, 9.17) is 4.42 Å². The summed E-state index contributed by atoms with van der Waals surface area (Å²) in [6.45, 7) is 3.07. The first-order valence-corrected chi connectivity index (χ1v) is 6.96. The molecule has 2 aromatic heterocycles. The van der Waals surface area contributed by atoms with Crippen LogP contribution in [0.15, 0.2) is 21.9 Å². The highest BCUT2D eigenvalue weighted by atomic mass is 32.1. The summed E-state index contributed by atoms with van der Waals surface area (Å²) in [6.07, 6.45) is 3.77. The maximum absolute atomic E-state index is 5.60. The standard InChI is InChI=1S/C13H16N2OS/c1-9-5-6-12(16-9)13-15-11(8-17-13)10-4-2-3-7-14-10/h5-6,8,10,14H,2-4,7H2,1H3. The molecule has 3 heterocycles. The molecule has 1 unspecified atom stereocenters. The number of rotatable bonds is 2. The van der Waals surface area contributed by atoms with Crippen molar-refractivity contribution >= 4 is 11.3 Å². The molecule has 1 saturated heterocycles. The van der Waals surface area contributed by atoms with E-state index >= 15 is 0 Å². The fourth-order valence-corrected chi connectivity index (χ4v) is 3.05. The third-order valence-corrected chi connectivity index (χ3v) is 4.02. The summed E-state index contributed by atoms with van der Waals surface area (Å²) in [4.78, 5) is 4.68. The van der Waals surface area contributed by atoms with Crippen molar-refractivity contribution in [1.29, 1.82) is 0 Å². The molecule has 0 radical (unpaired) electrons. The molecule has 0 bridgehead atoms. The smallest absolute Gasteiger partial charge is 0.162 e. The van der Waals surface area contributed by atoms with Crippen molar-refractivity contribution < 1.29 is 4.42 Å². The SMILES string of the molecule is Cc1ccc(-c2nc(C3CCCCN3)cs2)o1. The Bertz CT molecular complexity index is 497. The lowest BCUT2D eigenvalue weighted by atomic mass is 10.0. The van der Waals surface area contributed by atoms with Gasteiger partial charge in [-0.05, 0) is 38.4 Å². The van der Waals surface area contributed by atoms with Gasteiger partial charge >= 0.3 is 0 Å². The molecule has 1 aliphatic rings. The first-order valence-electron chi connectivity index (χ1n) is 6.08. The van der Waals surface area contributed by atoms with Crippen molar-refractivity contribution in [2.75, 3.05) is 6.54 Å². The predicted molar refractivity (Wildman–Crippen MR) is 69.1 cm³/mol. The van der Waals surface area contributed by atoms with Crippen LogP contribution in [0.4, 0.5) is 0 Å². The minimum atomic E-state index is 0.435. The predicted octanol–water partition coefficient (Wildman–Crippen LogP) is 3.53. The second kappa shape index (κ2) is 4.63. The molecule has 2 aromatic rings. The summed E-state index contributed by atoms with van der Waals surface area (Å²) in [5.41, 5.74) is 1.17. The Kier molecular flexibility index (Phi) is 2.99. The first kappa shape index (κ1) is 11.0. The van der Waals surface area contributed by atoms with E-state index in [1.807, 2.05) is 19.1 Å². The molecule has 0 spiro atoms. The molecule has 1 fully saturated rings. The normalized spacial score (nSPS) is 20.6. The van der Waals surface area contributed by atoms with E-state index in [1.165, 1.54) is 25.0 Å². The van der Waals surface area contributed by atoms with Crippen LogP contribution >= 0.6 is 11.3 Å². The number of aromatic nitrogens is 1. The summed E-state index contributed by atoms with van der Waals surface area (Å²) in [5, 5.41) is 6.65. The number of hydrogen-bond acceptors (Lipinski definition) is 4. The quantitative estimate of drug-likeness (QED) is 0.883. The number of nitrogens with zero attached hydrogens (tertiary/aromatic N) is 1. The molecule has 17 heavy (non-hydrogen) atoms. The second-order valence-corrected chi connectivity index (χ2v) is 5.35. The van der Waals surface area contributed by atoms with Crippen LogP contribution in [0, 0.1) is 6.92 Å². The van der Waals surface area contributed by atoms with Crippen molar-refractivity contribution in [2.24, 2.45) is 0 Å². The van der Waals surface area contributed by atoms with Crippen molar-refractivity contribution in [3.8, 4) is 10.8 Å². The maximum atomic E-state index is 5.60. The van der Waals surface area contributed by atoms with Crippen molar-refractivity contribution in [1.82, 2.24) is 10.3 Å². The van der Waals surface area contributed by atoms with Crippen LogP contribution in [-0.2, 0) is 0 Å². The lowest BCUT2D eigenvalue weighted by Gasteiger charge is -2.21. The molecular weight excluding hydrogens is 232 g/mol. The number of furan rings is 1. The minimum Gasteiger partial charge on any atom is -0.459 e. The van der Waals surface area contributed by atoms with Crippen LogP contribution in [0.1, 0.15) is 36.8 Å². The molecule has 3 rings (SSSR count). The van der Waals surface area contributed by atoms with Gasteiger partial charge in [-0.1, -0.05) is 6.42 Å². The summed E-state index contributed by atoms with van der Waals surface area (Å²) in [6, 6.07) is 4.41. The Morgan fingerprint density at radius 2 is 2.35 bits per heavy atom. The van der Waals surface area contributed by atoms with E-state index in [0.29, 0.717) is 6.04 Å². The molecule has 4 heteroatoms. The molecule has 0 amide bonds. The Morgan fingerprint density at radius 1 is 1.41 bits per heavy atom. The third-order valence-electron chi connectivity index (χ3n) is 3.14. The van der Waals surface area contributed by atoms with Gasteiger partial charge in [0.2, 0.25) is 0 Å². The highest BCUT2D eigenvalue weighted by molar-refractivity contribution is 7.13. The van der Waals surface area contributed by atoms with Gasteiger partial charge in [0.1, 0.15) is 5.76 Å². The summed E-state index contributed by atoms with van der Waals surface area (Å²) in [5.74, 6) is 1.82. The van der Waals surface area contributed by atoms with Gasteiger partial charge in [0.05, 0.1) is 11.7 Å². The van der Waals surface area contributed by atoms with Gasteiger partial charge in [0.15, 0.2) is 10.8 Å². The molecule has 1 atom stereocenters. The van der Waals surface area contributed by atoms with Gasteiger partial charge in [0, 0.05) is 5.38 Å². The van der Waals surface area contributed by atoms with Gasteiger partial charge < -0.3 is 9.73 Å². The average molecular weight is 248 g/mol. The number of thiazole rings is 1. The summed E-state index contributed by atoms with van der Waals surface area (Å²) < 4.78 is 5.60. The van der Waals surface area contributed by atoms with Gasteiger partial charge in [0.25, 0.3) is 0 Å². The lowest BCUT2D eigenvalue weighted by molar-refractivity contribution is 0.406. The number of piperidine rings is 1. The van der Waals surface area contributed by atoms with Crippen LogP contribution in [0.5, 0.6) is 0 Å². The van der Waals surface area contributed by atoms with Crippen molar-refractivity contribution in [2.45, 2.75) is 32.2 Å². The zero-order chi connectivity index (χ0) is 11.7. The van der Waals surface area contributed by atoms with E-state index < -0.39 is 0 Å². The zero-order valence-corrected chi connectivity index (χ0v) is 10.7. The van der Waals surface area contributed by atoms with E-state index in [1.54, 1.807) is 11.3 Å². The first-order chi connectivity index (χ1) is 8.33. The van der Waals surface area contributed by atoms with Gasteiger partial charge in [-0.3, -0.25) is 0 Å². The van der Waals surface area contributed by atoms with Crippen LogP contribution in [-0.4, -0.2) is 11.5 Å². The summed E-state index contributed by atoms with van der Waals surface area (Å²) >= 11 is 1.66. The second-order valence-electron chi connectivity index (χ2n) is 4.49. The monoisotopic (exact) mass is 248 g/mol. The van der Waals surface area contributed by atoms with Crippen LogP contribution in [0.25, 0.3) is 10.8 Å². The van der Waals surface area contributed by atoms with Crippen molar-refractivity contribution in [3.63, 3.8) is 0 Å². The van der Waals surface area contributed by atoms with Gasteiger partial charge in [-0.2, -0.15) is 0 Å². The molecule has 0 saturated carbocycles. The van der Waals surface area contributed by atoms with Crippen molar-refractivity contribution in [3.05, 3.63) is 29.0 Å². The molecule has 90 valence electrons. The molecular formula is C13H16N2OS. The number of hydrogen-bond donors (Lipinski definition) is 1. The number of aryl methyl sites for hydroxylation is 1. The minimum absolute atomic E-state index is 0.435. The average Bonchev–Trinajstić information content (AvgIpc) is 2.98. The van der Waals surface area contributed by atoms with Gasteiger partial charge in [-0.25, -0.2) is 4.98 Å². The maximum Gasteiger partial charge on any atom is 0.162 e. The Balaban J connectivity index is 1.82. The molecule has 0 aliphatic carbocycles.